The average Bonchev–Trinajstić information content (AvgIpc) is 3.57. The third-order valence-corrected chi connectivity index (χ3v) is 11.6. The molecule has 0 aliphatic rings. The Bertz CT molecular complexity index is 1340. The van der Waals surface area contributed by atoms with Crippen LogP contribution < -0.4 is 22.8 Å². The molecule has 10 nitrogen and oxygen atoms in total. The van der Waals surface area contributed by atoms with E-state index in [9.17, 15) is 19.2 Å². The highest BCUT2D eigenvalue weighted by molar-refractivity contribution is 8.75. The smallest absolute Gasteiger partial charge is 0.246 e. The van der Waals surface area contributed by atoms with Crippen LogP contribution in [0.25, 0.3) is 0 Å². The normalized spacial score (nSPS) is 12.0. The van der Waals surface area contributed by atoms with Gasteiger partial charge in [0.05, 0.1) is 22.0 Å². The van der Waals surface area contributed by atoms with E-state index < -0.39 is 22.8 Å². The minimum absolute atomic E-state index is 0.358. The van der Waals surface area contributed by atoms with Gasteiger partial charge in [0.15, 0.2) is 0 Å². The zero-order valence-corrected chi connectivity index (χ0v) is 34.4. The molecule has 2 aromatic rings. The quantitative estimate of drug-likeness (QED) is 0.0410. The van der Waals surface area contributed by atoms with Gasteiger partial charge in [0.25, 0.3) is 0 Å². The van der Waals surface area contributed by atoms with E-state index in [0.717, 1.165) is 94.3 Å². The monoisotopic (exact) mass is 765 g/mol. The second-order valence-corrected chi connectivity index (χ2v) is 16.2. The predicted octanol–water partition coefficient (Wildman–Crippen LogP) is 10.7. The molecule has 12 heteroatoms. The van der Waals surface area contributed by atoms with Crippen molar-refractivity contribution < 1.29 is 0 Å². The minimum Gasteiger partial charge on any atom is -0.246 e. The zero-order valence-electron chi connectivity index (χ0n) is 32.8. The van der Waals surface area contributed by atoms with Gasteiger partial charge in [-0.25, -0.2) is 38.5 Å². The Kier molecular flexibility index (Phi) is 27.4. The fraction of sp³-hybridized carbons (Fsp3) is 0.800. The molecule has 0 amide bonds. The molecule has 52 heavy (non-hydrogen) atoms. The first-order valence-electron chi connectivity index (χ1n) is 21.0. The van der Waals surface area contributed by atoms with Gasteiger partial charge in [-0.2, -0.15) is 8.17 Å². The number of aromatic amines is 2. The van der Waals surface area contributed by atoms with Gasteiger partial charge in [-0.1, -0.05) is 154 Å². The molecule has 0 fully saturated rings. The number of nitrogens with zero attached hydrogens (tertiary/aromatic N) is 4. The van der Waals surface area contributed by atoms with Crippen LogP contribution in [0.2, 0.25) is 0 Å². The fourth-order valence-corrected chi connectivity index (χ4v) is 8.07. The summed E-state index contributed by atoms with van der Waals surface area (Å²) in [5.41, 5.74) is -1.86. The summed E-state index contributed by atoms with van der Waals surface area (Å²) in [5, 5.41) is 5.09. The highest BCUT2D eigenvalue weighted by atomic mass is 33.1. The molecule has 0 saturated heterocycles. The van der Waals surface area contributed by atoms with Crippen molar-refractivity contribution in [3.63, 3.8) is 0 Å². The van der Waals surface area contributed by atoms with Crippen LogP contribution in [0.3, 0.4) is 0 Å². The molecule has 2 aromatic heterocycles. The molecule has 0 unspecified atom stereocenters. The number of unbranched alkanes of at least 4 members (excludes halogenated alkanes) is 24. The summed E-state index contributed by atoms with van der Waals surface area (Å²) in [4.78, 5) is 50.5. The van der Waals surface area contributed by atoms with Crippen LogP contribution >= 0.6 is 22.0 Å². The van der Waals surface area contributed by atoms with E-state index >= 15 is 0 Å². The second kappa shape index (κ2) is 31.1. The van der Waals surface area contributed by atoms with Crippen LogP contribution in [0.15, 0.2) is 43.5 Å². The van der Waals surface area contributed by atoms with Crippen LogP contribution in [0.4, 0.5) is 0 Å². The lowest BCUT2D eigenvalue weighted by Gasteiger charge is -2.02. The lowest BCUT2D eigenvalue weighted by molar-refractivity contribution is 0.538. The van der Waals surface area contributed by atoms with Crippen molar-refractivity contribution in [2.75, 3.05) is 0 Å². The number of aromatic nitrogens is 6. The molecule has 0 saturated carbocycles. The first kappa shape index (κ1) is 45.8. The molecule has 2 heterocycles. The summed E-state index contributed by atoms with van der Waals surface area (Å²) in [6.45, 7) is 5.23. The molecular weight excluding hydrogens is 693 g/mol. The number of allylic oxidation sites excluding steroid dienone is 4. The second-order valence-electron chi connectivity index (χ2n) is 14.3. The van der Waals surface area contributed by atoms with Crippen molar-refractivity contribution >= 4 is 22.0 Å². The fourth-order valence-electron chi connectivity index (χ4n) is 6.38. The van der Waals surface area contributed by atoms with E-state index in [1.54, 1.807) is 0 Å². The summed E-state index contributed by atoms with van der Waals surface area (Å²) in [6, 6.07) is 0. The maximum atomic E-state index is 12.8. The van der Waals surface area contributed by atoms with E-state index in [-0.39, 0.29) is 0 Å². The van der Waals surface area contributed by atoms with Crippen molar-refractivity contribution in [1.82, 2.24) is 27.5 Å². The maximum absolute atomic E-state index is 12.8. The van der Waals surface area contributed by atoms with Crippen molar-refractivity contribution in [2.24, 2.45) is 0 Å². The Labute approximate surface area is 321 Å². The maximum Gasteiger partial charge on any atom is 0.358 e. The summed E-state index contributed by atoms with van der Waals surface area (Å²) >= 11 is 0. The van der Waals surface area contributed by atoms with Crippen molar-refractivity contribution in [3.05, 3.63) is 66.2 Å². The van der Waals surface area contributed by atoms with E-state index in [2.05, 4.69) is 48.3 Å². The molecule has 0 aromatic carbocycles. The first-order valence-corrected chi connectivity index (χ1v) is 23.0. The van der Waals surface area contributed by atoms with Crippen molar-refractivity contribution in [1.29, 1.82) is 0 Å². The highest BCUT2D eigenvalue weighted by Crippen LogP contribution is 2.19. The average molecular weight is 765 g/mol. The molecule has 0 bridgehead atoms. The molecular formula is C40H72N6O4S2. The zero-order chi connectivity index (χ0) is 37.5. The Balaban J connectivity index is 1.55. The van der Waals surface area contributed by atoms with E-state index in [1.807, 2.05) is 0 Å². The first-order chi connectivity index (χ1) is 25.5. The van der Waals surface area contributed by atoms with Gasteiger partial charge in [0, 0.05) is 13.1 Å². The van der Waals surface area contributed by atoms with Crippen LogP contribution in [-0.2, 0) is 13.1 Å². The standard InChI is InChI=1S/C40H72N6O4S2/c1-3-5-7-9-11-13-15-17-19-21-23-25-27-29-31-33-35-43-37(47)41-45(39(43)49)51-52-46-40(50)44(38(48)42-46)36-34-32-30-28-26-24-22-20-18-16-14-12-10-8-6-4-2/h17-20H,3-16,21-36H2,1-2H3,(H,41,47)(H,42,48). The molecule has 0 atom stereocenters. The van der Waals surface area contributed by atoms with Crippen molar-refractivity contribution in [2.45, 2.75) is 207 Å². The summed E-state index contributed by atoms with van der Waals surface area (Å²) in [6.07, 6.45) is 42.9. The Morgan fingerprint density at radius 2 is 0.673 bits per heavy atom. The number of hydrogen-bond acceptors (Lipinski definition) is 6. The largest absolute Gasteiger partial charge is 0.358 e. The Morgan fingerprint density at radius 3 is 0.981 bits per heavy atom. The highest BCUT2D eigenvalue weighted by Gasteiger charge is 2.14. The van der Waals surface area contributed by atoms with Crippen LogP contribution in [0, 0.1) is 0 Å². The summed E-state index contributed by atoms with van der Waals surface area (Å²) in [7, 11) is 1.80. The number of H-pyrrole nitrogens is 2. The molecule has 2 rings (SSSR count). The molecule has 0 aliphatic heterocycles. The van der Waals surface area contributed by atoms with E-state index in [4.69, 9.17) is 0 Å². The van der Waals surface area contributed by atoms with Gasteiger partial charge in [-0.15, -0.1) is 0 Å². The van der Waals surface area contributed by atoms with Gasteiger partial charge in [-0.3, -0.25) is 0 Å². The van der Waals surface area contributed by atoms with Gasteiger partial charge in [0.1, 0.15) is 0 Å². The third-order valence-electron chi connectivity index (χ3n) is 9.66. The van der Waals surface area contributed by atoms with Crippen LogP contribution in [0.1, 0.15) is 194 Å². The van der Waals surface area contributed by atoms with Gasteiger partial charge in [-0.05, 0) is 64.2 Å². The van der Waals surface area contributed by atoms with Crippen LogP contribution in [0.5, 0.6) is 0 Å². The number of hydrogen-bond donors (Lipinski definition) is 2. The van der Waals surface area contributed by atoms with Crippen LogP contribution in [-0.4, -0.2) is 27.5 Å². The van der Waals surface area contributed by atoms with E-state index in [0.29, 0.717) is 13.1 Å². The van der Waals surface area contributed by atoms with E-state index in [1.165, 1.54) is 125 Å². The Hall–Kier alpha value is -2.34. The summed E-state index contributed by atoms with van der Waals surface area (Å²) < 4.78 is 4.63. The lowest BCUT2D eigenvalue weighted by atomic mass is 10.1. The number of nitrogens with one attached hydrogen (secondary N) is 2. The lowest BCUT2D eigenvalue weighted by Crippen LogP contribution is -2.28. The van der Waals surface area contributed by atoms with Gasteiger partial charge in [0.2, 0.25) is 0 Å². The summed E-state index contributed by atoms with van der Waals surface area (Å²) in [5.74, 6) is 0. The molecule has 2 N–H and O–H groups in total. The molecule has 0 aliphatic carbocycles. The Morgan fingerprint density at radius 1 is 0.404 bits per heavy atom. The van der Waals surface area contributed by atoms with Gasteiger partial charge >= 0.3 is 22.8 Å². The molecule has 0 radical (unpaired) electrons. The number of rotatable bonds is 35. The van der Waals surface area contributed by atoms with Crippen molar-refractivity contribution in [3.8, 4) is 0 Å². The molecule has 298 valence electrons. The third kappa shape index (κ3) is 20.8. The predicted molar refractivity (Wildman–Crippen MR) is 224 cm³/mol. The molecule has 0 spiro atoms. The van der Waals surface area contributed by atoms with Gasteiger partial charge < -0.3 is 0 Å². The minimum atomic E-state index is -0.468. The SMILES string of the molecule is CCCCCCCCC=CCCCCCCCCn1c(=O)[nH]n(SSn2[nH]c(=O)n(CCCCCCCCC=CCCCCCCCC)c2=O)c1=O. The topological polar surface area (TPSA) is 120 Å².